The zero-order chi connectivity index (χ0) is 24.3. The van der Waals surface area contributed by atoms with E-state index >= 15 is 0 Å². The van der Waals surface area contributed by atoms with Gasteiger partial charge in [0.1, 0.15) is 10.6 Å². The van der Waals surface area contributed by atoms with E-state index in [1.165, 1.54) is 19.2 Å². The highest BCUT2D eigenvalue weighted by molar-refractivity contribution is 7.92. The molecular formula is C24H23Cl2N3O4S. The Labute approximate surface area is 208 Å². The molecule has 3 aromatic rings. The number of amides is 1. The third-order valence-corrected chi connectivity index (χ3v) is 7.41. The molecule has 0 saturated carbocycles. The molecule has 0 spiro atoms. The summed E-state index contributed by atoms with van der Waals surface area (Å²) in [5.41, 5.74) is 1.84. The molecule has 4 rings (SSSR count). The lowest BCUT2D eigenvalue weighted by Crippen LogP contribution is -2.48. The number of sulfonamides is 1. The van der Waals surface area contributed by atoms with E-state index in [-0.39, 0.29) is 21.6 Å². The molecule has 0 aliphatic carbocycles. The van der Waals surface area contributed by atoms with Gasteiger partial charge in [-0.15, -0.1) is 0 Å². The quantitative estimate of drug-likeness (QED) is 0.507. The molecule has 1 heterocycles. The number of hydrogen-bond donors (Lipinski definition) is 1. The Bertz CT molecular complexity index is 1290. The molecule has 7 nitrogen and oxygen atoms in total. The van der Waals surface area contributed by atoms with E-state index in [2.05, 4.69) is 9.62 Å². The normalized spacial score (nSPS) is 14.1. The minimum Gasteiger partial charge on any atom is -0.495 e. The SMILES string of the molecule is COc1ccc(Cl)cc1S(=O)(=O)Nc1ccc(C(=O)N2CCN(c3cccc(Cl)c3)CC2)cc1. The minimum absolute atomic E-state index is 0.0692. The summed E-state index contributed by atoms with van der Waals surface area (Å²) in [6.45, 7) is 2.56. The van der Waals surface area contributed by atoms with E-state index in [9.17, 15) is 13.2 Å². The van der Waals surface area contributed by atoms with Gasteiger partial charge in [-0.3, -0.25) is 9.52 Å². The van der Waals surface area contributed by atoms with Crippen LogP contribution in [0.25, 0.3) is 0 Å². The first-order valence-corrected chi connectivity index (χ1v) is 12.8. The number of piperazine rings is 1. The number of halogens is 2. The second-order valence-electron chi connectivity index (χ2n) is 7.74. The molecule has 0 radical (unpaired) electrons. The third-order valence-electron chi connectivity index (χ3n) is 5.54. The van der Waals surface area contributed by atoms with Crippen LogP contribution in [0.15, 0.2) is 71.6 Å². The molecule has 1 aliphatic heterocycles. The largest absolute Gasteiger partial charge is 0.495 e. The number of carbonyl (C=O) groups excluding carboxylic acids is 1. The fourth-order valence-corrected chi connectivity index (χ4v) is 5.45. The number of nitrogens with one attached hydrogen (secondary N) is 1. The second-order valence-corrected chi connectivity index (χ2v) is 10.3. The highest BCUT2D eigenvalue weighted by Crippen LogP contribution is 2.29. The Morgan fingerprint density at radius 3 is 2.24 bits per heavy atom. The van der Waals surface area contributed by atoms with Gasteiger partial charge in [-0.1, -0.05) is 29.3 Å². The topological polar surface area (TPSA) is 78.9 Å². The van der Waals surface area contributed by atoms with Gasteiger partial charge in [0.15, 0.2) is 0 Å². The zero-order valence-corrected chi connectivity index (χ0v) is 20.7. The van der Waals surface area contributed by atoms with Crippen molar-refractivity contribution in [2.75, 3.05) is 42.9 Å². The Kier molecular flexibility index (Phi) is 7.21. The van der Waals surface area contributed by atoms with Crippen molar-refractivity contribution in [3.8, 4) is 5.75 Å². The Hall–Kier alpha value is -2.94. The molecule has 0 unspecified atom stereocenters. The molecule has 1 N–H and O–H groups in total. The molecule has 0 atom stereocenters. The molecule has 10 heteroatoms. The van der Waals surface area contributed by atoms with Crippen molar-refractivity contribution in [2.45, 2.75) is 4.90 Å². The van der Waals surface area contributed by atoms with Gasteiger partial charge in [0.25, 0.3) is 15.9 Å². The van der Waals surface area contributed by atoms with E-state index in [0.717, 1.165) is 5.69 Å². The predicted octanol–water partition coefficient (Wildman–Crippen LogP) is 4.77. The maximum Gasteiger partial charge on any atom is 0.265 e. The summed E-state index contributed by atoms with van der Waals surface area (Å²) in [5.74, 6) is 0.0808. The number of rotatable bonds is 6. The first kappa shape index (κ1) is 24.2. The summed E-state index contributed by atoms with van der Waals surface area (Å²) >= 11 is 12.1. The predicted molar refractivity (Wildman–Crippen MR) is 135 cm³/mol. The van der Waals surface area contributed by atoms with Crippen LogP contribution in [0.3, 0.4) is 0 Å². The van der Waals surface area contributed by atoms with E-state index in [0.29, 0.717) is 42.5 Å². The molecule has 1 aliphatic rings. The number of hydrogen-bond acceptors (Lipinski definition) is 5. The van der Waals surface area contributed by atoms with Crippen LogP contribution < -0.4 is 14.4 Å². The highest BCUT2D eigenvalue weighted by Gasteiger charge is 2.23. The lowest BCUT2D eigenvalue weighted by Gasteiger charge is -2.36. The molecule has 34 heavy (non-hydrogen) atoms. The van der Waals surface area contributed by atoms with Crippen LogP contribution >= 0.6 is 23.2 Å². The van der Waals surface area contributed by atoms with Gasteiger partial charge in [-0.2, -0.15) is 0 Å². The standard InChI is InChI=1S/C24H23Cl2N3O4S/c1-33-22-10-7-19(26)16-23(22)34(31,32)27-20-8-5-17(6-9-20)24(30)29-13-11-28(12-14-29)21-4-2-3-18(25)15-21/h2-10,15-16,27H,11-14H2,1H3. The van der Waals surface area contributed by atoms with Gasteiger partial charge in [0.05, 0.1) is 7.11 Å². The van der Waals surface area contributed by atoms with Crippen molar-refractivity contribution in [1.29, 1.82) is 0 Å². The molecule has 1 fully saturated rings. The van der Waals surface area contributed by atoms with Crippen LogP contribution in [0, 0.1) is 0 Å². The van der Waals surface area contributed by atoms with Crippen LogP contribution in [0.2, 0.25) is 10.0 Å². The smallest absolute Gasteiger partial charge is 0.265 e. The van der Waals surface area contributed by atoms with Gasteiger partial charge >= 0.3 is 0 Å². The van der Waals surface area contributed by atoms with Gasteiger partial charge in [-0.05, 0) is 60.7 Å². The molecule has 1 amide bonds. The van der Waals surface area contributed by atoms with Crippen LogP contribution in [0.1, 0.15) is 10.4 Å². The summed E-state index contributed by atoms with van der Waals surface area (Å²) in [4.78, 5) is 16.9. The average Bonchev–Trinajstić information content (AvgIpc) is 2.84. The summed E-state index contributed by atoms with van der Waals surface area (Å²) < 4.78 is 33.3. The number of carbonyl (C=O) groups is 1. The maximum absolute atomic E-state index is 13.0. The van der Waals surface area contributed by atoms with E-state index < -0.39 is 10.0 Å². The first-order chi connectivity index (χ1) is 16.3. The molecule has 178 valence electrons. The fourth-order valence-electron chi connectivity index (χ4n) is 3.77. The van der Waals surface area contributed by atoms with Crippen LogP contribution in [0.4, 0.5) is 11.4 Å². The fraction of sp³-hybridized carbons (Fsp3) is 0.208. The number of anilines is 2. The third kappa shape index (κ3) is 5.41. The van der Waals surface area contributed by atoms with E-state index in [4.69, 9.17) is 27.9 Å². The van der Waals surface area contributed by atoms with Crippen molar-refractivity contribution < 1.29 is 17.9 Å². The van der Waals surface area contributed by atoms with Crippen molar-refractivity contribution in [3.05, 3.63) is 82.3 Å². The number of ether oxygens (including phenoxy) is 1. The van der Waals surface area contributed by atoms with Crippen molar-refractivity contribution in [1.82, 2.24) is 4.90 Å². The van der Waals surface area contributed by atoms with E-state index in [1.54, 1.807) is 35.2 Å². The van der Waals surface area contributed by atoms with Gasteiger partial charge in [-0.25, -0.2) is 8.42 Å². The minimum atomic E-state index is -3.94. The van der Waals surface area contributed by atoms with Gasteiger partial charge < -0.3 is 14.5 Å². The zero-order valence-electron chi connectivity index (χ0n) is 18.4. The summed E-state index contributed by atoms with van der Waals surface area (Å²) in [6, 6.07) is 18.4. The number of methoxy groups -OCH3 is 1. The molecule has 0 aromatic heterocycles. The molecular weight excluding hydrogens is 497 g/mol. The summed E-state index contributed by atoms with van der Waals surface area (Å²) in [7, 11) is -2.55. The van der Waals surface area contributed by atoms with Gasteiger partial charge in [0.2, 0.25) is 0 Å². The lowest BCUT2D eigenvalue weighted by atomic mass is 10.1. The lowest BCUT2D eigenvalue weighted by molar-refractivity contribution is 0.0747. The Balaban J connectivity index is 1.41. The number of benzene rings is 3. The second kappa shape index (κ2) is 10.1. The highest BCUT2D eigenvalue weighted by atomic mass is 35.5. The van der Waals surface area contributed by atoms with Crippen molar-refractivity contribution in [2.24, 2.45) is 0 Å². The van der Waals surface area contributed by atoms with E-state index in [1.807, 2.05) is 24.3 Å². The first-order valence-electron chi connectivity index (χ1n) is 10.5. The van der Waals surface area contributed by atoms with Crippen LogP contribution in [0.5, 0.6) is 5.75 Å². The Morgan fingerprint density at radius 1 is 0.912 bits per heavy atom. The number of nitrogens with zero attached hydrogens (tertiary/aromatic N) is 2. The molecule has 0 bridgehead atoms. The maximum atomic E-state index is 13.0. The van der Waals surface area contributed by atoms with Crippen LogP contribution in [-0.2, 0) is 10.0 Å². The average molecular weight is 520 g/mol. The Morgan fingerprint density at radius 2 is 1.59 bits per heavy atom. The van der Waals surface area contributed by atoms with Crippen LogP contribution in [-0.4, -0.2) is 52.5 Å². The summed E-state index contributed by atoms with van der Waals surface area (Å²) in [5, 5.41) is 0.957. The monoisotopic (exact) mass is 519 g/mol. The van der Waals surface area contributed by atoms with Crippen molar-refractivity contribution in [3.63, 3.8) is 0 Å². The van der Waals surface area contributed by atoms with Crippen molar-refractivity contribution >= 4 is 50.5 Å². The molecule has 1 saturated heterocycles. The molecule has 3 aromatic carbocycles. The summed E-state index contributed by atoms with van der Waals surface area (Å²) in [6.07, 6.45) is 0. The van der Waals surface area contributed by atoms with Gasteiger partial charge in [0, 0.05) is 53.2 Å².